The molecule has 9 aromatic carbocycles. The molecule has 0 aliphatic carbocycles. The van der Waals surface area contributed by atoms with Crippen molar-refractivity contribution in [2.45, 2.75) is 0 Å². The summed E-state index contributed by atoms with van der Waals surface area (Å²) < 4.78 is 2.37. The lowest BCUT2D eigenvalue weighted by Gasteiger charge is -2.26. The molecule has 4 nitrogen and oxygen atoms in total. The number of para-hydroxylation sites is 3. The summed E-state index contributed by atoms with van der Waals surface area (Å²) in [5, 5.41) is 6.75. The third kappa shape index (κ3) is 4.70. The van der Waals surface area contributed by atoms with Gasteiger partial charge in [0.15, 0.2) is 0 Å². The lowest BCUT2D eigenvalue weighted by Crippen LogP contribution is -2.09. The normalized spacial score (nSPS) is 11.7. The van der Waals surface area contributed by atoms with Gasteiger partial charge in [-0.1, -0.05) is 127 Å². The maximum Gasteiger partial charge on any atom is 0.0995 e. The van der Waals surface area contributed by atoms with Gasteiger partial charge >= 0.3 is 0 Å². The van der Waals surface area contributed by atoms with Crippen molar-refractivity contribution in [1.29, 1.82) is 0 Å². The van der Waals surface area contributed by atoms with Crippen LogP contribution in [-0.4, -0.2) is 14.5 Å². The first-order valence-corrected chi connectivity index (χ1v) is 18.3. The van der Waals surface area contributed by atoms with Crippen LogP contribution in [-0.2, 0) is 0 Å². The first-order valence-electron chi connectivity index (χ1n) is 18.3. The van der Waals surface area contributed by atoms with Crippen LogP contribution in [0.4, 0.5) is 17.1 Å². The van der Waals surface area contributed by atoms with Gasteiger partial charge in [-0.25, -0.2) is 9.97 Å². The maximum absolute atomic E-state index is 5.61. The van der Waals surface area contributed by atoms with Gasteiger partial charge in [-0.15, -0.1) is 0 Å². The molecule has 0 spiro atoms. The molecule has 4 heteroatoms. The highest BCUT2D eigenvalue weighted by molar-refractivity contribution is 6.26. The number of nitrogens with zero attached hydrogens (tertiary/aromatic N) is 4. The molecule has 11 aromatic rings. The number of anilines is 3. The van der Waals surface area contributed by atoms with Gasteiger partial charge in [-0.2, -0.15) is 0 Å². The number of rotatable bonds is 5. The van der Waals surface area contributed by atoms with Crippen molar-refractivity contribution < 1.29 is 0 Å². The summed E-state index contributed by atoms with van der Waals surface area (Å²) in [5.41, 5.74) is 12.6. The summed E-state index contributed by atoms with van der Waals surface area (Å²) in [6.07, 6.45) is 0. The van der Waals surface area contributed by atoms with E-state index in [1.54, 1.807) is 0 Å². The quantitative estimate of drug-likeness (QED) is 0.133. The molecule has 252 valence electrons. The zero-order chi connectivity index (χ0) is 35.6. The largest absolute Gasteiger partial charge is 0.310 e. The highest BCUT2D eigenvalue weighted by atomic mass is 15.1. The third-order valence-electron chi connectivity index (χ3n) is 10.7. The maximum atomic E-state index is 5.61. The second-order valence-electron chi connectivity index (χ2n) is 13.8. The molecular formula is C50H32N4. The fourth-order valence-corrected chi connectivity index (χ4v) is 8.31. The zero-order valence-electron chi connectivity index (χ0n) is 29.3. The van der Waals surface area contributed by atoms with Crippen LogP contribution in [0.1, 0.15) is 0 Å². The molecule has 0 unspecified atom stereocenters. The minimum absolute atomic E-state index is 0.886. The molecule has 0 atom stereocenters. The van der Waals surface area contributed by atoms with E-state index in [0.29, 0.717) is 0 Å². The average Bonchev–Trinajstić information content (AvgIpc) is 3.59. The summed E-state index contributed by atoms with van der Waals surface area (Å²) in [5.74, 6) is 0. The van der Waals surface area contributed by atoms with Crippen molar-refractivity contribution in [3.63, 3.8) is 0 Å². The van der Waals surface area contributed by atoms with E-state index in [9.17, 15) is 0 Å². The Kier molecular flexibility index (Phi) is 6.82. The predicted octanol–water partition coefficient (Wildman–Crippen LogP) is 13.3. The molecule has 0 bridgehead atoms. The zero-order valence-corrected chi connectivity index (χ0v) is 29.3. The Morgan fingerprint density at radius 2 is 0.963 bits per heavy atom. The Morgan fingerprint density at radius 3 is 1.72 bits per heavy atom. The Balaban J connectivity index is 1.19. The number of hydrogen-bond acceptors (Lipinski definition) is 3. The predicted molar refractivity (Wildman–Crippen MR) is 227 cm³/mol. The van der Waals surface area contributed by atoms with Gasteiger partial charge in [-0.3, -0.25) is 0 Å². The molecule has 2 aromatic heterocycles. The van der Waals surface area contributed by atoms with Gasteiger partial charge in [0, 0.05) is 44.3 Å². The number of aromatic nitrogens is 3. The summed E-state index contributed by atoms with van der Waals surface area (Å²) in [4.78, 5) is 13.3. The molecule has 0 saturated heterocycles. The highest BCUT2D eigenvalue weighted by Gasteiger charge is 2.20. The van der Waals surface area contributed by atoms with Crippen molar-refractivity contribution >= 4 is 82.5 Å². The number of hydrogen-bond donors (Lipinski definition) is 0. The van der Waals surface area contributed by atoms with E-state index in [0.717, 1.165) is 88.2 Å². The fourth-order valence-electron chi connectivity index (χ4n) is 8.31. The Hall–Kier alpha value is -7.30. The Morgan fingerprint density at radius 1 is 0.352 bits per heavy atom. The lowest BCUT2D eigenvalue weighted by molar-refractivity contribution is 1.18. The molecule has 11 rings (SSSR count). The number of fused-ring (bicyclic) bond motifs is 11. The smallest absolute Gasteiger partial charge is 0.0995 e. The van der Waals surface area contributed by atoms with Crippen LogP contribution in [0.2, 0.25) is 0 Å². The molecule has 54 heavy (non-hydrogen) atoms. The van der Waals surface area contributed by atoms with Gasteiger partial charge in [0.05, 0.1) is 33.1 Å². The second kappa shape index (κ2) is 12.1. The SMILES string of the molecule is c1ccc(-c2cccc(-n3c4ccccc4c4c5nc6c7ccc(N(c8ccccc8)c8ccccc8)cc7c7ccccc7c6nc5ccc43)c2)cc1. The van der Waals surface area contributed by atoms with Gasteiger partial charge < -0.3 is 9.47 Å². The van der Waals surface area contributed by atoms with Crippen LogP contribution in [0.5, 0.6) is 0 Å². The molecule has 2 heterocycles. The summed E-state index contributed by atoms with van der Waals surface area (Å²) in [6.45, 7) is 0. The van der Waals surface area contributed by atoms with Crippen LogP contribution in [0.3, 0.4) is 0 Å². The highest BCUT2D eigenvalue weighted by Crippen LogP contribution is 2.42. The molecule has 0 amide bonds. The van der Waals surface area contributed by atoms with E-state index in [1.807, 2.05) is 0 Å². The second-order valence-corrected chi connectivity index (χ2v) is 13.8. The van der Waals surface area contributed by atoms with Crippen molar-refractivity contribution in [1.82, 2.24) is 14.5 Å². The van der Waals surface area contributed by atoms with Crippen LogP contribution in [0.25, 0.3) is 82.2 Å². The number of benzene rings is 9. The van der Waals surface area contributed by atoms with E-state index in [1.165, 1.54) is 11.1 Å². The van der Waals surface area contributed by atoms with E-state index >= 15 is 0 Å². The topological polar surface area (TPSA) is 34.0 Å². The van der Waals surface area contributed by atoms with Gasteiger partial charge in [0.1, 0.15) is 0 Å². The van der Waals surface area contributed by atoms with E-state index in [-0.39, 0.29) is 0 Å². The standard InChI is InChI=1S/C50H32N4/c1-4-15-33(16-5-1)34-17-14-22-37(31-34)54-45-26-13-12-25-42(45)47-46(54)30-29-44-50(47)52-49-41-28-27-38(32-43(41)39-23-10-11-24-40(39)48(49)51-44)53(35-18-6-2-7-19-35)36-20-8-3-9-21-36/h1-32H. The van der Waals surface area contributed by atoms with E-state index in [4.69, 9.17) is 9.97 Å². The van der Waals surface area contributed by atoms with E-state index < -0.39 is 0 Å². The molecule has 0 aliphatic heterocycles. The fraction of sp³-hybridized carbons (Fsp3) is 0. The first kappa shape index (κ1) is 30.3. The van der Waals surface area contributed by atoms with Crippen LogP contribution >= 0.6 is 0 Å². The summed E-state index contributed by atoms with van der Waals surface area (Å²) in [6, 6.07) is 68.9. The van der Waals surface area contributed by atoms with Crippen LogP contribution in [0.15, 0.2) is 194 Å². The lowest BCUT2D eigenvalue weighted by atomic mass is 9.98. The Bertz CT molecular complexity index is 3170. The molecule has 0 fully saturated rings. The van der Waals surface area contributed by atoms with Crippen LogP contribution < -0.4 is 4.90 Å². The molecule has 0 aliphatic rings. The first-order chi connectivity index (χ1) is 26.8. The summed E-state index contributed by atoms with van der Waals surface area (Å²) >= 11 is 0. The monoisotopic (exact) mass is 688 g/mol. The summed E-state index contributed by atoms with van der Waals surface area (Å²) in [7, 11) is 0. The third-order valence-corrected chi connectivity index (χ3v) is 10.7. The van der Waals surface area contributed by atoms with Crippen molar-refractivity contribution in [2.75, 3.05) is 4.90 Å². The molecule has 0 N–H and O–H groups in total. The minimum Gasteiger partial charge on any atom is -0.310 e. The van der Waals surface area contributed by atoms with Gasteiger partial charge in [0.2, 0.25) is 0 Å². The molecular weight excluding hydrogens is 657 g/mol. The van der Waals surface area contributed by atoms with Gasteiger partial charge in [-0.05, 0) is 88.6 Å². The average molecular weight is 689 g/mol. The van der Waals surface area contributed by atoms with Crippen molar-refractivity contribution in [2.24, 2.45) is 0 Å². The van der Waals surface area contributed by atoms with Crippen molar-refractivity contribution in [3.8, 4) is 16.8 Å². The van der Waals surface area contributed by atoms with E-state index in [2.05, 4.69) is 204 Å². The van der Waals surface area contributed by atoms with Crippen molar-refractivity contribution in [3.05, 3.63) is 194 Å². The molecule has 0 saturated carbocycles. The molecule has 0 radical (unpaired) electrons. The minimum atomic E-state index is 0.886. The van der Waals surface area contributed by atoms with Crippen LogP contribution in [0, 0.1) is 0 Å². The van der Waals surface area contributed by atoms with Gasteiger partial charge in [0.25, 0.3) is 0 Å². The Labute approximate surface area is 311 Å².